The quantitative estimate of drug-likeness (QED) is 0.865. The van der Waals surface area contributed by atoms with E-state index < -0.39 is 0 Å². The van der Waals surface area contributed by atoms with E-state index in [2.05, 4.69) is 48.4 Å². The van der Waals surface area contributed by atoms with Gasteiger partial charge in [-0.2, -0.15) is 0 Å². The first-order chi connectivity index (χ1) is 9.25. The van der Waals surface area contributed by atoms with Gasteiger partial charge in [0.2, 0.25) is 0 Å². The van der Waals surface area contributed by atoms with Crippen LogP contribution in [0.5, 0.6) is 0 Å². The molecule has 1 aliphatic heterocycles. The molecule has 1 aromatic heterocycles. The zero-order valence-corrected chi connectivity index (χ0v) is 11.7. The lowest BCUT2D eigenvalue weighted by Crippen LogP contribution is -2.27. The van der Waals surface area contributed by atoms with E-state index in [4.69, 9.17) is 4.98 Å². The third-order valence-corrected chi connectivity index (χ3v) is 4.03. The maximum Gasteiger partial charge on any atom is 0.110 e. The number of aromatic amines is 1. The van der Waals surface area contributed by atoms with Crippen LogP contribution in [0.2, 0.25) is 0 Å². The zero-order valence-electron chi connectivity index (χ0n) is 11.7. The fourth-order valence-corrected chi connectivity index (χ4v) is 2.87. The molecule has 3 heteroatoms. The van der Waals surface area contributed by atoms with Crippen LogP contribution in [0.15, 0.2) is 24.3 Å². The summed E-state index contributed by atoms with van der Waals surface area (Å²) in [5.41, 5.74) is 4.83. The number of hydrogen-bond donors (Lipinski definition) is 2. The maximum absolute atomic E-state index is 4.88. The molecule has 2 heterocycles. The number of aromatic nitrogens is 2. The SMILES string of the molecule is Cc1ccccc1-c1nc(C2CCNCC2)[nH]c1C. The lowest BCUT2D eigenvalue weighted by atomic mass is 9.97. The number of benzene rings is 1. The van der Waals surface area contributed by atoms with Gasteiger partial charge in [0.05, 0.1) is 5.69 Å². The number of aryl methyl sites for hydroxylation is 2. The lowest BCUT2D eigenvalue weighted by molar-refractivity contribution is 0.447. The summed E-state index contributed by atoms with van der Waals surface area (Å²) in [5, 5.41) is 3.41. The fraction of sp³-hybridized carbons (Fsp3) is 0.438. The van der Waals surface area contributed by atoms with E-state index in [1.54, 1.807) is 0 Å². The van der Waals surface area contributed by atoms with Crippen molar-refractivity contribution in [2.75, 3.05) is 13.1 Å². The Labute approximate surface area is 114 Å². The third-order valence-electron chi connectivity index (χ3n) is 4.03. The summed E-state index contributed by atoms with van der Waals surface area (Å²) in [6.07, 6.45) is 2.36. The average Bonchev–Trinajstić information content (AvgIpc) is 2.82. The lowest BCUT2D eigenvalue weighted by Gasteiger charge is -2.20. The molecule has 0 aliphatic carbocycles. The molecule has 0 spiro atoms. The summed E-state index contributed by atoms with van der Waals surface area (Å²) in [7, 11) is 0. The van der Waals surface area contributed by atoms with E-state index in [9.17, 15) is 0 Å². The molecule has 0 saturated carbocycles. The Morgan fingerprint density at radius 3 is 2.58 bits per heavy atom. The van der Waals surface area contributed by atoms with E-state index in [1.165, 1.54) is 29.7 Å². The summed E-state index contributed by atoms with van der Waals surface area (Å²) < 4.78 is 0. The van der Waals surface area contributed by atoms with Crippen molar-refractivity contribution < 1.29 is 0 Å². The fourth-order valence-electron chi connectivity index (χ4n) is 2.87. The largest absolute Gasteiger partial charge is 0.345 e. The van der Waals surface area contributed by atoms with Crippen molar-refractivity contribution in [2.45, 2.75) is 32.6 Å². The van der Waals surface area contributed by atoms with Gasteiger partial charge >= 0.3 is 0 Å². The minimum atomic E-state index is 0.581. The molecule has 0 unspecified atom stereocenters. The molecule has 1 fully saturated rings. The van der Waals surface area contributed by atoms with Crippen LogP contribution in [0.3, 0.4) is 0 Å². The monoisotopic (exact) mass is 255 g/mol. The molecule has 1 saturated heterocycles. The van der Waals surface area contributed by atoms with E-state index in [0.717, 1.165) is 24.6 Å². The van der Waals surface area contributed by atoms with E-state index in [0.29, 0.717) is 5.92 Å². The van der Waals surface area contributed by atoms with Crippen LogP contribution in [0, 0.1) is 13.8 Å². The summed E-state index contributed by atoms with van der Waals surface area (Å²) in [4.78, 5) is 8.38. The molecule has 19 heavy (non-hydrogen) atoms. The van der Waals surface area contributed by atoms with Crippen molar-refractivity contribution in [1.29, 1.82) is 0 Å². The Balaban J connectivity index is 1.95. The molecule has 2 N–H and O–H groups in total. The molecule has 0 radical (unpaired) electrons. The predicted molar refractivity (Wildman–Crippen MR) is 78.3 cm³/mol. The standard InChI is InChI=1S/C16H21N3/c1-11-5-3-4-6-14(11)15-12(2)18-16(19-15)13-7-9-17-10-8-13/h3-6,13,17H,7-10H2,1-2H3,(H,18,19). The van der Waals surface area contributed by atoms with Crippen LogP contribution in [0.25, 0.3) is 11.3 Å². The van der Waals surface area contributed by atoms with Gasteiger partial charge in [0, 0.05) is 17.2 Å². The summed E-state index contributed by atoms with van der Waals surface area (Å²) in [6, 6.07) is 8.47. The summed E-state index contributed by atoms with van der Waals surface area (Å²) >= 11 is 0. The Hall–Kier alpha value is -1.61. The van der Waals surface area contributed by atoms with Crippen LogP contribution >= 0.6 is 0 Å². The van der Waals surface area contributed by atoms with Gasteiger partial charge in [-0.15, -0.1) is 0 Å². The normalized spacial score (nSPS) is 16.7. The van der Waals surface area contributed by atoms with Crippen LogP contribution in [0.4, 0.5) is 0 Å². The number of nitrogens with one attached hydrogen (secondary N) is 2. The van der Waals surface area contributed by atoms with Gasteiger partial charge in [0.1, 0.15) is 5.82 Å². The number of nitrogens with zero attached hydrogens (tertiary/aromatic N) is 1. The molecule has 0 atom stereocenters. The van der Waals surface area contributed by atoms with Crippen LogP contribution in [-0.2, 0) is 0 Å². The molecule has 3 rings (SSSR count). The Morgan fingerprint density at radius 1 is 1.11 bits per heavy atom. The van der Waals surface area contributed by atoms with Crippen LogP contribution < -0.4 is 5.32 Å². The molecule has 0 amide bonds. The van der Waals surface area contributed by atoms with Crippen molar-refractivity contribution in [3.05, 3.63) is 41.3 Å². The third kappa shape index (κ3) is 2.43. The number of piperidine rings is 1. The molecule has 2 aromatic rings. The minimum absolute atomic E-state index is 0.581. The minimum Gasteiger partial charge on any atom is -0.345 e. The Kier molecular flexibility index (Phi) is 3.38. The topological polar surface area (TPSA) is 40.7 Å². The molecule has 0 bridgehead atoms. The molecule has 3 nitrogen and oxygen atoms in total. The van der Waals surface area contributed by atoms with Gasteiger partial charge in [-0.25, -0.2) is 4.98 Å². The molecular formula is C16H21N3. The second-order valence-electron chi connectivity index (χ2n) is 5.43. The summed E-state index contributed by atoms with van der Waals surface area (Å²) in [6.45, 7) is 6.47. The highest BCUT2D eigenvalue weighted by Crippen LogP contribution is 2.29. The number of rotatable bonds is 2. The number of imidazole rings is 1. The zero-order chi connectivity index (χ0) is 13.2. The van der Waals surface area contributed by atoms with Crippen molar-refractivity contribution in [2.24, 2.45) is 0 Å². The molecule has 100 valence electrons. The van der Waals surface area contributed by atoms with Gasteiger partial charge in [0.15, 0.2) is 0 Å². The van der Waals surface area contributed by atoms with Crippen LogP contribution in [-0.4, -0.2) is 23.1 Å². The van der Waals surface area contributed by atoms with E-state index in [-0.39, 0.29) is 0 Å². The molecule has 1 aliphatic rings. The van der Waals surface area contributed by atoms with E-state index >= 15 is 0 Å². The number of H-pyrrole nitrogens is 1. The highest BCUT2D eigenvalue weighted by molar-refractivity contribution is 5.65. The first-order valence-corrected chi connectivity index (χ1v) is 7.09. The smallest absolute Gasteiger partial charge is 0.110 e. The second-order valence-corrected chi connectivity index (χ2v) is 5.43. The van der Waals surface area contributed by atoms with Gasteiger partial charge in [0.25, 0.3) is 0 Å². The van der Waals surface area contributed by atoms with E-state index in [1.807, 2.05) is 0 Å². The average molecular weight is 255 g/mol. The van der Waals surface area contributed by atoms with Crippen molar-refractivity contribution in [3.8, 4) is 11.3 Å². The first-order valence-electron chi connectivity index (χ1n) is 7.09. The van der Waals surface area contributed by atoms with Crippen LogP contribution in [0.1, 0.15) is 35.8 Å². The maximum atomic E-state index is 4.88. The van der Waals surface area contributed by atoms with Crippen molar-refractivity contribution in [3.63, 3.8) is 0 Å². The van der Waals surface area contributed by atoms with Crippen molar-refractivity contribution >= 4 is 0 Å². The highest BCUT2D eigenvalue weighted by Gasteiger charge is 2.20. The predicted octanol–water partition coefficient (Wildman–Crippen LogP) is 3.16. The Bertz CT molecular complexity index is 565. The second kappa shape index (κ2) is 5.17. The molecular weight excluding hydrogens is 234 g/mol. The van der Waals surface area contributed by atoms with Gasteiger partial charge in [-0.1, -0.05) is 24.3 Å². The van der Waals surface area contributed by atoms with Crippen molar-refractivity contribution in [1.82, 2.24) is 15.3 Å². The molecule has 1 aromatic carbocycles. The summed E-state index contributed by atoms with van der Waals surface area (Å²) in [5.74, 6) is 1.75. The van der Waals surface area contributed by atoms with Gasteiger partial charge in [-0.05, 0) is 45.3 Å². The van der Waals surface area contributed by atoms with Gasteiger partial charge < -0.3 is 10.3 Å². The first kappa shape index (κ1) is 12.4. The van der Waals surface area contributed by atoms with Gasteiger partial charge in [-0.3, -0.25) is 0 Å². The Morgan fingerprint density at radius 2 is 1.84 bits per heavy atom. The highest BCUT2D eigenvalue weighted by atomic mass is 15.0. The number of hydrogen-bond acceptors (Lipinski definition) is 2.